The van der Waals surface area contributed by atoms with Crippen molar-refractivity contribution < 1.29 is 69.3 Å². The van der Waals surface area contributed by atoms with Gasteiger partial charge in [0.15, 0.2) is 12.6 Å². The van der Waals surface area contributed by atoms with Crippen molar-refractivity contribution in [1.82, 2.24) is 4.90 Å². The van der Waals surface area contributed by atoms with Gasteiger partial charge in [-0.15, -0.1) is 0 Å². The van der Waals surface area contributed by atoms with Crippen LogP contribution in [-0.2, 0) is 18.9 Å². The zero-order valence-corrected chi connectivity index (χ0v) is 25.4. The van der Waals surface area contributed by atoms with Gasteiger partial charge in [0.2, 0.25) is 0 Å². The van der Waals surface area contributed by atoms with Crippen LogP contribution in [0.25, 0.3) is 0 Å². The molecule has 15 nitrogen and oxygen atoms in total. The van der Waals surface area contributed by atoms with Crippen LogP contribution in [0.5, 0.6) is 5.75 Å². The molecule has 2 fully saturated rings. The van der Waals surface area contributed by atoms with Crippen molar-refractivity contribution in [3.8, 4) is 5.75 Å². The third-order valence-electron chi connectivity index (χ3n) is 7.75. The number of para-hydroxylation sites is 1. The first-order valence-corrected chi connectivity index (χ1v) is 14.8. The number of benzene rings is 1. The maximum Gasteiger partial charge on any atom is 0.415 e. The van der Waals surface area contributed by atoms with Gasteiger partial charge in [0, 0.05) is 13.1 Å². The second-order valence-electron chi connectivity index (χ2n) is 11.6. The Hall–Kier alpha value is -1.99. The molecule has 2 aliphatic heterocycles. The van der Waals surface area contributed by atoms with Crippen molar-refractivity contribution in [1.29, 1.82) is 0 Å². The Morgan fingerprint density at radius 2 is 1.14 bits per heavy atom. The van der Waals surface area contributed by atoms with Crippen LogP contribution in [0.2, 0.25) is 0 Å². The molecule has 8 N–H and O–H groups in total. The van der Waals surface area contributed by atoms with E-state index in [0.717, 1.165) is 11.1 Å². The first-order chi connectivity index (χ1) is 20.8. The predicted octanol–water partition coefficient (Wildman–Crippen LogP) is -1.63. The SMILES string of the molecule is CC(C)c1cccc(C(C)C)c1OC(=O)N(CCO[C@@H]1O[C@H](CO)[C@@H](O)[C@H](O)[C@H]1O)CCO[C@@H]1O[C@H](CO)[C@@H](O)[C@H](O)[C@H]1O. The van der Waals surface area contributed by atoms with Crippen molar-refractivity contribution in [2.75, 3.05) is 39.5 Å². The van der Waals surface area contributed by atoms with E-state index in [1.54, 1.807) is 0 Å². The number of nitrogens with zero attached hydrogens (tertiary/aromatic N) is 1. The smallest absolute Gasteiger partial charge is 0.410 e. The highest BCUT2D eigenvalue weighted by molar-refractivity contribution is 5.72. The Morgan fingerprint density at radius 1 is 0.727 bits per heavy atom. The van der Waals surface area contributed by atoms with E-state index in [2.05, 4.69) is 0 Å². The lowest BCUT2D eigenvalue weighted by molar-refractivity contribution is -0.302. The van der Waals surface area contributed by atoms with Crippen LogP contribution < -0.4 is 4.74 Å². The highest BCUT2D eigenvalue weighted by Crippen LogP contribution is 2.35. The van der Waals surface area contributed by atoms with Crippen LogP contribution in [0.15, 0.2) is 18.2 Å². The summed E-state index contributed by atoms with van der Waals surface area (Å²) in [4.78, 5) is 14.8. The van der Waals surface area contributed by atoms with Gasteiger partial charge in [-0.3, -0.25) is 0 Å². The van der Waals surface area contributed by atoms with Crippen LogP contribution in [-0.4, -0.2) is 153 Å². The van der Waals surface area contributed by atoms with E-state index in [1.807, 2.05) is 45.9 Å². The van der Waals surface area contributed by atoms with E-state index in [0.29, 0.717) is 5.75 Å². The molecule has 0 spiro atoms. The quantitative estimate of drug-likeness (QED) is 0.122. The van der Waals surface area contributed by atoms with E-state index in [9.17, 15) is 45.6 Å². The van der Waals surface area contributed by atoms with E-state index in [-0.39, 0.29) is 38.1 Å². The van der Waals surface area contributed by atoms with E-state index in [4.69, 9.17) is 23.7 Å². The minimum absolute atomic E-state index is 0.0361. The van der Waals surface area contributed by atoms with Gasteiger partial charge in [-0.2, -0.15) is 0 Å². The molecule has 0 radical (unpaired) electrons. The number of aliphatic hydroxyl groups excluding tert-OH is 8. The average Bonchev–Trinajstić information content (AvgIpc) is 2.99. The summed E-state index contributed by atoms with van der Waals surface area (Å²) in [6.07, 6.45) is -15.6. The third kappa shape index (κ3) is 8.63. The number of carbonyl (C=O) groups is 1. The number of ether oxygens (including phenoxy) is 5. The predicted molar refractivity (Wildman–Crippen MR) is 152 cm³/mol. The van der Waals surface area contributed by atoms with Gasteiger partial charge in [0.1, 0.15) is 54.6 Å². The standard InChI is InChI=1S/C29H47NO14/c1-14(2)16-6-5-7-17(15(3)4)26(16)44-29(39)30(8-10-40-27-24(37)22(35)20(33)18(12-31)42-27)9-11-41-28-25(38)23(36)21(34)19(13-32)43-28/h5-7,14-15,18-25,27-28,31-38H,8-13H2,1-4H3/t18-,19-,20-,21-,22+,23+,24-,25-,27-,28-/m1/s1. The van der Waals surface area contributed by atoms with Crippen LogP contribution in [0, 0.1) is 0 Å². The molecule has 2 saturated heterocycles. The minimum atomic E-state index is -1.64. The molecule has 3 rings (SSSR count). The lowest BCUT2D eigenvalue weighted by Gasteiger charge is -2.40. The number of aliphatic hydroxyl groups is 8. The molecular weight excluding hydrogens is 586 g/mol. The largest absolute Gasteiger partial charge is 0.415 e. The summed E-state index contributed by atoms with van der Waals surface area (Å²) in [6.45, 7) is 5.88. The fourth-order valence-electron chi connectivity index (χ4n) is 5.02. The van der Waals surface area contributed by atoms with Gasteiger partial charge in [0.25, 0.3) is 0 Å². The molecule has 0 unspecified atom stereocenters. The molecule has 15 heteroatoms. The van der Waals surface area contributed by atoms with Crippen LogP contribution in [0.3, 0.4) is 0 Å². The highest BCUT2D eigenvalue weighted by atomic mass is 16.7. The Labute approximate surface area is 256 Å². The molecule has 1 amide bonds. The van der Waals surface area contributed by atoms with Crippen LogP contribution in [0.4, 0.5) is 4.79 Å². The first-order valence-electron chi connectivity index (χ1n) is 14.8. The van der Waals surface area contributed by atoms with Gasteiger partial charge in [-0.05, 0) is 23.0 Å². The van der Waals surface area contributed by atoms with Gasteiger partial charge < -0.3 is 69.4 Å². The van der Waals surface area contributed by atoms with E-state index in [1.165, 1.54) is 4.90 Å². The molecular formula is C29H47NO14. The Bertz CT molecular complexity index is 971. The third-order valence-corrected chi connectivity index (χ3v) is 7.75. The molecule has 252 valence electrons. The number of hydrogen-bond acceptors (Lipinski definition) is 14. The zero-order chi connectivity index (χ0) is 32.7. The Kier molecular flexibility index (Phi) is 13.7. The summed E-state index contributed by atoms with van der Waals surface area (Å²) in [5, 5.41) is 79.5. The fraction of sp³-hybridized carbons (Fsp3) is 0.759. The lowest BCUT2D eigenvalue weighted by atomic mass is 9.94. The van der Waals surface area contributed by atoms with Gasteiger partial charge in [-0.25, -0.2) is 4.79 Å². The second-order valence-corrected chi connectivity index (χ2v) is 11.6. The monoisotopic (exact) mass is 633 g/mol. The average molecular weight is 634 g/mol. The van der Waals surface area contributed by atoms with Crippen molar-refractivity contribution in [3.63, 3.8) is 0 Å². The molecule has 2 heterocycles. The van der Waals surface area contributed by atoms with Crippen LogP contribution in [0.1, 0.15) is 50.7 Å². The maximum atomic E-state index is 13.6. The Balaban J connectivity index is 1.74. The summed E-state index contributed by atoms with van der Waals surface area (Å²) in [5.74, 6) is 0.486. The molecule has 10 atom stereocenters. The number of hydrogen-bond donors (Lipinski definition) is 8. The second kappa shape index (κ2) is 16.5. The molecule has 0 aliphatic carbocycles. The van der Waals surface area contributed by atoms with Gasteiger partial charge in [0.05, 0.1) is 26.4 Å². The van der Waals surface area contributed by atoms with E-state index < -0.39 is 80.7 Å². The first kappa shape index (κ1) is 36.5. The van der Waals surface area contributed by atoms with Crippen molar-refractivity contribution >= 4 is 6.09 Å². The topological polar surface area (TPSA) is 228 Å². The molecule has 1 aromatic carbocycles. The van der Waals surface area contributed by atoms with Crippen LogP contribution >= 0.6 is 0 Å². The summed E-state index contributed by atoms with van der Waals surface area (Å²) >= 11 is 0. The highest BCUT2D eigenvalue weighted by Gasteiger charge is 2.45. The summed E-state index contributed by atoms with van der Waals surface area (Å²) in [5.41, 5.74) is 1.64. The van der Waals surface area contributed by atoms with Gasteiger partial charge in [-0.1, -0.05) is 45.9 Å². The maximum absolute atomic E-state index is 13.6. The van der Waals surface area contributed by atoms with Crippen molar-refractivity contribution in [2.45, 2.75) is 101 Å². The minimum Gasteiger partial charge on any atom is -0.410 e. The van der Waals surface area contributed by atoms with E-state index >= 15 is 0 Å². The summed E-state index contributed by atoms with van der Waals surface area (Å²) in [7, 11) is 0. The van der Waals surface area contributed by atoms with Crippen molar-refractivity contribution in [2.24, 2.45) is 0 Å². The molecule has 0 bridgehead atoms. The number of amides is 1. The molecule has 44 heavy (non-hydrogen) atoms. The molecule has 0 aromatic heterocycles. The molecule has 0 saturated carbocycles. The normalized spacial score (nSPS) is 32.7. The summed E-state index contributed by atoms with van der Waals surface area (Å²) < 4.78 is 27.8. The van der Waals surface area contributed by atoms with Crippen molar-refractivity contribution in [3.05, 3.63) is 29.3 Å². The molecule has 2 aliphatic rings. The summed E-state index contributed by atoms with van der Waals surface area (Å²) in [6, 6.07) is 5.63. The lowest BCUT2D eigenvalue weighted by Crippen LogP contribution is -2.59. The molecule has 1 aromatic rings. The fourth-order valence-corrected chi connectivity index (χ4v) is 5.02. The Morgan fingerprint density at radius 3 is 1.50 bits per heavy atom. The number of rotatable bonds is 13. The number of carbonyl (C=O) groups excluding carboxylic acids is 1. The zero-order valence-electron chi connectivity index (χ0n) is 25.4. The van der Waals surface area contributed by atoms with Gasteiger partial charge >= 0.3 is 6.09 Å².